The van der Waals surface area contributed by atoms with Crippen molar-refractivity contribution in [3.8, 4) is 0 Å². The third-order valence-corrected chi connectivity index (χ3v) is 3.01. The number of benzene rings is 1. The van der Waals surface area contributed by atoms with Gasteiger partial charge in [-0.2, -0.15) is 0 Å². The number of carbonyl (C=O) groups is 1. The minimum absolute atomic E-state index is 0.238. The van der Waals surface area contributed by atoms with Crippen molar-refractivity contribution in [1.82, 2.24) is 0 Å². The van der Waals surface area contributed by atoms with Crippen molar-refractivity contribution in [1.29, 1.82) is 0 Å². The molecule has 0 saturated heterocycles. The highest BCUT2D eigenvalue weighted by Gasteiger charge is 2.12. The summed E-state index contributed by atoms with van der Waals surface area (Å²) in [6, 6.07) is 5.73. The van der Waals surface area contributed by atoms with Crippen LogP contribution >= 0.6 is 0 Å². The average molecular weight is 232 g/mol. The summed E-state index contributed by atoms with van der Waals surface area (Å²) in [5.41, 5.74) is 2.93. The second kappa shape index (κ2) is 5.04. The lowest BCUT2D eigenvalue weighted by molar-refractivity contribution is -0.139. The first-order valence-corrected chi connectivity index (χ1v) is 5.79. The average Bonchev–Trinajstić information content (AvgIpc) is 2.51. The molecule has 0 radical (unpaired) electrons. The lowest BCUT2D eigenvalue weighted by Gasteiger charge is -2.08. The maximum Gasteiger partial charge on any atom is 0.309 e. The van der Waals surface area contributed by atoms with Crippen LogP contribution in [0, 0.1) is 0 Å². The quantitative estimate of drug-likeness (QED) is 0.797. The zero-order valence-corrected chi connectivity index (χ0v) is 9.90. The zero-order valence-electron chi connectivity index (χ0n) is 9.90. The number of rotatable bonds is 2. The van der Waals surface area contributed by atoms with Crippen molar-refractivity contribution in [2.45, 2.75) is 25.7 Å². The molecule has 1 aromatic carbocycles. The molecular formula is C14H16O3. The molecule has 1 aliphatic rings. The SMILES string of the molecule is COC(=O)Cc1ccc2c(c1)CCCC=C2O. The van der Waals surface area contributed by atoms with E-state index in [4.69, 9.17) is 0 Å². The van der Waals surface area contributed by atoms with E-state index < -0.39 is 0 Å². The highest BCUT2D eigenvalue weighted by atomic mass is 16.5. The first-order valence-electron chi connectivity index (χ1n) is 5.79. The number of ether oxygens (including phenoxy) is 1. The normalized spacial score (nSPS) is 14.5. The van der Waals surface area contributed by atoms with Gasteiger partial charge in [-0.25, -0.2) is 0 Å². The topological polar surface area (TPSA) is 46.5 Å². The summed E-state index contributed by atoms with van der Waals surface area (Å²) < 4.78 is 4.64. The van der Waals surface area contributed by atoms with Crippen LogP contribution in [0.5, 0.6) is 0 Å². The molecule has 0 bridgehead atoms. The maximum absolute atomic E-state index is 11.2. The predicted molar refractivity (Wildman–Crippen MR) is 65.7 cm³/mol. The fraction of sp³-hybridized carbons (Fsp3) is 0.357. The van der Waals surface area contributed by atoms with E-state index in [1.54, 1.807) is 0 Å². The van der Waals surface area contributed by atoms with Crippen LogP contribution < -0.4 is 0 Å². The van der Waals surface area contributed by atoms with E-state index in [0.717, 1.165) is 36.0 Å². The van der Waals surface area contributed by atoms with Gasteiger partial charge in [-0.3, -0.25) is 4.79 Å². The zero-order chi connectivity index (χ0) is 12.3. The van der Waals surface area contributed by atoms with Gasteiger partial charge < -0.3 is 9.84 Å². The molecule has 17 heavy (non-hydrogen) atoms. The second-order valence-corrected chi connectivity index (χ2v) is 4.23. The van der Waals surface area contributed by atoms with Gasteiger partial charge in [0.25, 0.3) is 0 Å². The van der Waals surface area contributed by atoms with Gasteiger partial charge in [0, 0.05) is 5.56 Å². The Morgan fingerprint density at radius 2 is 2.29 bits per heavy atom. The van der Waals surface area contributed by atoms with Crippen molar-refractivity contribution >= 4 is 11.7 Å². The number of aliphatic hydroxyl groups excluding tert-OH is 1. The van der Waals surface area contributed by atoms with E-state index in [1.165, 1.54) is 7.11 Å². The maximum atomic E-state index is 11.2. The van der Waals surface area contributed by atoms with Gasteiger partial charge in [-0.15, -0.1) is 0 Å². The van der Waals surface area contributed by atoms with E-state index in [1.807, 2.05) is 24.3 Å². The molecule has 0 amide bonds. The van der Waals surface area contributed by atoms with E-state index in [-0.39, 0.29) is 12.4 Å². The van der Waals surface area contributed by atoms with E-state index >= 15 is 0 Å². The number of aliphatic hydroxyl groups is 1. The molecule has 2 rings (SSSR count). The highest BCUT2D eigenvalue weighted by Crippen LogP contribution is 2.25. The molecule has 3 nitrogen and oxygen atoms in total. The third kappa shape index (κ3) is 2.67. The highest BCUT2D eigenvalue weighted by molar-refractivity contribution is 5.73. The fourth-order valence-electron chi connectivity index (χ4n) is 2.09. The minimum Gasteiger partial charge on any atom is -0.508 e. The molecule has 0 saturated carbocycles. The molecule has 0 spiro atoms. The standard InChI is InChI=1S/C14H16O3/c1-17-14(16)9-10-6-7-12-11(8-10)4-2-3-5-13(12)15/h5-8,15H,2-4,9H2,1H3. The smallest absolute Gasteiger partial charge is 0.309 e. The second-order valence-electron chi connectivity index (χ2n) is 4.23. The summed E-state index contributed by atoms with van der Waals surface area (Å²) in [5, 5.41) is 9.83. The number of hydrogen-bond donors (Lipinski definition) is 1. The number of fused-ring (bicyclic) bond motifs is 1. The predicted octanol–water partition coefficient (Wildman–Crippen LogP) is 2.64. The fourth-order valence-corrected chi connectivity index (χ4v) is 2.09. The molecule has 0 fully saturated rings. The van der Waals surface area contributed by atoms with E-state index in [0.29, 0.717) is 5.76 Å². The monoisotopic (exact) mass is 232 g/mol. The molecule has 1 aromatic rings. The Bertz CT molecular complexity index is 461. The molecule has 0 atom stereocenters. The Kier molecular flexibility index (Phi) is 3.47. The van der Waals surface area contributed by atoms with Crippen LogP contribution in [0.2, 0.25) is 0 Å². The van der Waals surface area contributed by atoms with Gasteiger partial charge in [0.2, 0.25) is 0 Å². The summed E-state index contributed by atoms with van der Waals surface area (Å²) in [4.78, 5) is 11.2. The molecule has 0 unspecified atom stereocenters. The third-order valence-electron chi connectivity index (χ3n) is 3.01. The molecule has 1 N–H and O–H groups in total. The number of methoxy groups -OCH3 is 1. The Balaban J connectivity index is 2.28. The Labute approximate surface area is 101 Å². The molecule has 0 aromatic heterocycles. The van der Waals surface area contributed by atoms with Crippen molar-refractivity contribution < 1.29 is 14.6 Å². The van der Waals surface area contributed by atoms with Crippen LogP contribution in [0.3, 0.4) is 0 Å². The largest absolute Gasteiger partial charge is 0.508 e. The molecular weight excluding hydrogens is 216 g/mol. The Morgan fingerprint density at radius 1 is 1.47 bits per heavy atom. The van der Waals surface area contributed by atoms with Gasteiger partial charge in [0.15, 0.2) is 0 Å². The molecule has 90 valence electrons. The first kappa shape index (κ1) is 11.7. The van der Waals surface area contributed by atoms with Gasteiger partial charge >= 0.3 is 5.97 Å². The van der Waals surface area contributed by atoms with Crippen LogP contribution in [0.25, 0.3) is 5.76 Å². The Morgan fingerprint density at radius 3 is 3.06 bits per heavy atom. The number of carbonyl (C=O) groups excluding carboxylic acids is 1. The minimum atomic E-state index is -0.238. The first-order chi connectivity index (χ1) is 8.20. The van der Waals surface area contributed by atoms with Crippen molar-refractivity contribution in [3.05, 3.63) is 41.0 Å². The summed E-state index contributed by atoms with van der Waals surface area (Å²) in [5.74, 6) is 0.112. The van der Waals surface area contributed by atoms with E-state index in [9.17, 15) is 9.90 Å². The summed E-state index contributed by atoms with van der Waals surface area (Å²) in [6.45, 7) is 0. The lowest BCUT2D eigenvalue weighted by atomic mass is 9.99. The van der Waals surface area contributed by atoms with Gasteiger partial charge in [0.05, 0.1) is 13.5 Å². The summed E-state index contributed by atoms with van der Waals surface area (Å²) in [6.07, 6.45) is 5.00. The van der Waals surface area contributed by atoms with Gasteiger partial charge in [-0.1, -0.05) is 18.2 Å². The summed E-state index contributed by atoms with van der Waals surface area (Å²) >= 11 is 0. The number of hydrogen-bond acceptors (Lipinski definition) is 3. The number of aryl methyl sites for hydroxylation is 1. The van der Waals surface area contributed by atoms with Crippen LogP contribution in [-0.4, -0.2) is 18.2 Å². The molecule has 3 heteroatoms. The van der Waals surface area contributed by atoms with Crippen molar-refractivity contribution in [2.24, 2.45) is 0 Å². The molecule has 0 heterocycles. The number of esters is 1. The van der Waals surface area contributed by atoms with Gasteiger partial charge in [-0.05, 0) is 36.5 Å². The van der Waals surface area contributed by atoms with Crippen LogP contribution in [0.15, 0.2) is 24.3 Å². The number of allylic oxidation sites excluding steroid dienone is 1. The van der Waals surface area contributed by atoms with Crippen LogP contribution in [0.1, 0.15) is 29.5 Å². The van der Waals surface area contributed by atoms with Crippen LogP contribution in [0.4, 0.5) is 0 Å². The molecule has 1 aliphatic carbocycles. The van der Waals surface area contributed by atoms with Crippen molar-refractivity contribution in [2.75, 3.05) is 7.11 Å². The van der Waals surface area contributed by atoms with Crippen molar-refractivity contribution in [3.63, 3.8) is 0 Å². The van der Waals surface area contributed by atoms with Crippen LogP contribution in [-0.2, 0) is 22.4 Å². The van der Waals surface area contributed by atoms with Gasteiger partial charge in [0.1, 0.15) is 5.76 Å². The molecule has 0 aliphatic heterocycles. The lowest BCUT2D eigenvalue weighted by Crippen LogP contribution is -2.05. The summed E-state index contributed by atoms with van der Waals surface area (Å²) in [7, 11) is 1.39. The Hall–Kier alpha value is -1.77. The van der Waals surface area contributed by atoms with E-state index in [2.05, 4.69) is 4.74 Å².